The number of hydrogen-bond acceptors (Lipinski definition) is 3. The van der Waals surface area contributed by atoms with Gasteiger partial charge in [0.1, 0.15) is 0 Å². The highest BCUT2D eigenvalue weighted by Crippen LogP contribution is 2.22. The maximum atomic E-state index is 12.4. The molecular formula is C20H22N4O. The van der Waals surface area contributed by atoms with Gasteiger partial charge in [0.25, 0.3) is 0 Å². The minimum Gasteiger partial charge on any atom is -0.308 e. The zero-order valence-electron chi connectivity index (χ0n) is 15.0. The van der Waals surface area contributed by atoms with E-state index in [9.17, 15) is 4.79 Å². The van der Waals surface area contributed by atoms with Crippen molar-refractivity contribution < 1.29 is 4.79 Å². The van der Waals surface area contributed by atoms with Crippen molar-refractivity contribution in [2.24, 2.45) is 0 Å². The molecule has 128 valence electrons. The molecule has 0 aliphatic rings. The lowest BCUT2D eigenvalue weighted by Crippen LogP contribution is -2.21. The Morgan fingerprint density at radius 1 is 0.960 bits per heavy atom. The number of rotatable bonds is 3. The smallest absolute Gasteiger partial charge is 0.308 e. The first-order valence-corrected chi connectivity index (χ1v) is 8.39. The Morgan fingerprint density at radius 2 is 1.68 bits per heavy atom. The number of hydrogen-bond donors (Lipinski definition) is 2. The van der Waals surface area contributed by atoms with E-state index < -0.39 is 0 Å². The van der Waals surface area contributed by atoms with Gasteiger partial charge in [-0.1, -0.05) is 25.1 Å². The highest BCUT2D eigenvalue weighted by molar-refractivity contribution is 6.01. The Bertz CT molecular complexity index is 950. The molecule has 3 rings (SSSR count). The van der Waals surface area contributed by atoms with Crippen LogP contribution in [0.25, 0.3) is 11.0 Å². The van der Waals surface area contributed by atoms with Crippen LogP contribution in [0.3, 0.4) is 0 Å². The van der Waals surface area contributed by atoms with E-state index in [1.807, 2.05) is 57.2 Å². The SMILES string of the molecule is CCc1cccc(C)c1NC(=O)Nc1ccc2nc(C)c(C)nc2c1. The number of aromatic nitrogens is 2. The van der Waals surface area contributed by atoms with Crippen LogP contribution in [0, 0.1) is 20.8 Å². The summed E-state index contributed by atoms with van der Waals surface area (Å²) in [6.07, 6.45) is 0.863. The van der Waals surface area contributed by atoms with Gasteiger partial charge < -0.3 is 10.6 Å². The second-order valence-electron chi connectivity index (χ2n) is 6.14. The van der Waals surface area contributed by atoms with Crippen LogP contribution in [0.1, 0.15) is 29.4 Å². The fraction of sp³-hybridized carbons (Fsp3) is 0.250. The topological polar surface area (TPSA) is 66.9 Å². The molecular weight excluding hydrogens is 312 g/mol. The molecule has 25 heavy (non-hydrogen) atoms. The molecule has 0 aliphatic heterocycles. The molecule has 0 spiro atoms. The van der Waals surface area contributed by atoms with Crippen LogP contribution in [0.2, 0.25) is 0 Å². The Hall–Kier alpha value is -2.95. The molecule has 0 bridgehead atoms. The lowest BCUT2D eigenvalue weighted by atomic mass is 10.1. The molecule has 2 N–H and O–H groups in total. The van der Waals surface area contributed by atoms with E-state index >= 15 is 0 Å². The van der Waals surface area contributed by atoms with Crippen molar-refractivity contribution >= 4 is 28.4 Å². The Balaban J connectivity index is 1.82. The van der Waals surface area contributed by atoms with Crippen molar-refractivity contribution in [1.82, 2.24) is 9.97 Å². The molecule has 3 aromatic rings. The predicted molar refractivity (Wildman–Crippen MR) is 102 cm³/mol. The number of fused-ring (bicyclic) bond motifs is 1. The largest absolute Gasteiger partial charge is 0.323 e. The van der Waals surface area contributed by atoms with Gasteiger partial charge in [-0.2, -0.15) is 0 Å². The third kappa shape index (κ3) is 3.60. The van der Waals surface area contributed by atoms with E-state index in [1.54, 1.807) is 0 Å². The van der Waals surface area contributed by atoms with Crippen LogP contribution in [0.15, 0.2) is 36.4 Å². The van der Waals surface area contributed by atoms with Crippen molar-refractivity contribution in [3.8, 4) is 0 Å². The minimum atomic E-state index is -0.264. The summed E-state index contributed by atoms with van der Waals surface area (Å²) in [5, 5.41) is 5.84. The summed E-state index contributed by atoms with van der Waals surface area (Å²) >= 11 is 0. The maximum absolute atomic E-state index is 12.4. The third-order valence-corrected chi connectivity index (χ3v) is 4.31. The number of nitrogens with one attached hydrogen (secondary N) is 2. The number of nitrogens with zero attached hydrogens (tertiary/aromatic N) is 2. The standard InChI is InChI=1S/C20H22N4O/c1-5-15-8-6-7-12(2)19(15)24-20(25)23-16-9-10-17-18(11-16)22-14(4)13(3)21-17/h6-11H,5H2,1-4H3,(H2,23,24,25). The van der Waals surface area contributed by atoms with Gasteiger partial charge in [0, 0.05) is 11.4 Å². The highest BCUT2D eigenvalue weighted by Gasteiger charge is 2.10. The molecule has 0 saturated heterocycles. The number of anilines is 2. The number of benzene rings is 2. The van der Waals surface area contributed by atoms with Crippen LogP contribution in [-0.2, 0) is 6.42 Å². The lowest BCUT2D eigenvalue weighted by Gasteiger charge is -2.14. The van der Waals surface area contributed by atoms with E-state index in [-0.39, 0.29) is 6.03 Å². The molecule has 0 unspecified atom stereocenters. The van der Waals surface area contributed by atoms with Crippen molar-refractivity contribution in [3.05, 3.63) is 58.9 Å². The Morgan fingerprint density at radius 3 is 2.40 bits per heavy atom. The van der Waals surface area contributed by atoms with E-state index in [1.165, 1.54) is 0 Å². The fourth-order valence-electron chi connectivity index (χ4n) is 2.79. The summed E-state index contributed by atoms with van der Waals surface area (Å²) in [6, 6.07) is 11.3. The average molecular weight is 334 g/mol. The Labute approximate surface area is 147 Å². The lowest BCUT2D eigenvalue weighted by molar-refractivity contribution is 0.262. The number of para-hydroxylation sites is 1. The number of urea groups is 1. The van der Waals surface area contributed by atoms with Crippen LogP contribution in [0.4, 0.5) is 16.2 Å². The summed E-state index contributed by atoms with van der Waals surface area (Å²) in [7, 11) is 0. The van der Waals surface area contributed by atoms with Gasteiger partial charge in [-0.3, -0.25) is 0 Å². The van der Waals surface area contributed by atoms with Crippen LogP contribution < -0.4 is 10.6 Å². The molecule has 1 heterocycles. The van der Waals surface area contributed by atoms with Gasteiger partial charge in [-0.25, -0.2) is 14.8 Å². The second kappa shape index (κ2) is 6.89. The molecule has 2 aromatic carbocycles. The van der Waals surface area contributed by atoms with Crippen molar-refractivity contribution in [1.29, 1.82) is 0 Å². The summed E-state index contributed by atoms with van der Waals surface area (Å²) in [6.45, 7) is 7.93. The number of amides is 2. The molecule has 1 aromatic heterocycles. The van der Waals surface area contributed by atoms with Crippen molar-refractivity contribution in [2.45, 2.75) is 34.1 Å². The molecule has 0 aliphatic carbocycles. The number of carbonyl (C=O) groups excluding carboxylic acids is 1. The molecule has 2 amide bonds. The van der Waals surface area contributed by atoms with E-state index in [0.717, 1.165) is 45.7 Å². The zero-order valence-corrected chi connectivity index (χ0v) is 15.0. The molecule has 5 nitrogen and oxygen atoms in total. The van der Waals surface area contributed by atoms with Gasteiger partial charge in [0.2, 0.25) is 0 Å². The van der Waals surface area contributed by atoms with Crippen molar-refractivity contribution in [2.75, 3.05) is 10.6 Å². The first-order chi connectivity index (χ1) is 12.0. The minimum absolute atomic E-state index is 0.264. The molecule has 0 radical (unpaired) electrons. The van der Waals surface area contributed by atoms with Gasteiger partial charge in [0.15, 0.2) is 0 Å². The normalized spacial score (nSPS) is 10.7. The fourth-order valence-corrected chi connectivity index (χ4v) is 2.79. The maximum Gasteiger partial charge on any atom is 0.323 e. The molecule has 0 fully saturated rings. The van der Waals surface area contributed by atoms with Gasteiger partial charge in [0.05, 0.1) is 22.4 Å². The molecule has 5 heteroatoms. The second-order valence-corrected chi connectivity index (χ2v) is 6.14. The van der Waals surface area contributed by atoms with Crippen LogP contribution in [-0.4, -0.2) is 16.0 Å². The monoisotopic (exact) mass is 334 g/mol. The van der Waals surface area contributed by atoms with Crippen LogP contribution >= 0.6 is 0 Å². The highest BCUT2D eigenvalue weighted by atomic mass is 16.2. The zero-order chi connectivity index (χ0) is 18.0. The first-order valence-electron chi connectivity index (χ1n) is 8.39. The summed E-state index contributed by atoms with van der Waals surface area (Å²) in [4.78, 5) is 21.4. The first kappa shape index (κ1) is 16.9. The average Bonchev–Trinajstić information content (AvgIpc) is 2.58. The number of aryl methyl sites for hydroxylation is 4. The molecule has 0 atom stereocenters. The Kier molecular flexibility index (Phi) is 4.65. The van der Waals surface area contributed by atoms with Gasteiger partial charge in [-0.05, 0) is 56.5 Å². The third-order valence-electron chi connectivity index (χ3n) is 4.31. The van der Waals surface area contributed by atoms with E-state index in [4.69, 9.17) is 0 Å². The van der Waals surface area contributed by atoms with E-state index in [2.05, 4.69) is 27.5 Å². The van der Waals surface area contributed by atoms with Crippen LogP contribution in [0.5, 0.6) is 0 Å². The summed E-state index contributed by atoms with van der Waals surface area (Å²) in [5.41, 5.74) is 7.12. The van der Waals surface area contributed by atoms with Crippen molar-refractivity contribution in [3.63, 3.8) is 0 Å². The number of carbonyl (C=O) groups is 1. The molecule has 0 saturated carbocycles. The quantitative estimate of drug-likeness (QED) is 0.725. The van der Waals surface area contributed by atoms with Gasteiger partial charge in [-0.15, -0.1) is 0 Å². The van der Waals surface area contributed by atoms with E-state index in [0.29, 0.717) is 5.69 Å². The summed E-state index contributed by atoms with van der Waals surface area (Å²) in [5.74, 6) is 0. The predicted octanol–water partition coefficient (Wildman–Crippen LogP) is 4.76. The van der Waals surface area contributed by atoms with Gasteiger partial charge >= 0.3 is 6.03 Å². The summed E-state index contributed by atoms with van der Waals surface area (Å²) < 4.78 is 0.